The van der Waals surface area contributed by atoms with E-state index >= 15 is 0 Å². The summed E-state index contributed by atoms with van der Waals surface area (Å²) in [7, 11) is 1.33. The van der Waals surface area contributed by atoms with Crippen molar-refractivity contribution < 1.29 is 9.53 Å². The second-order valence-corrected chi connectivity index (χ2v) is 4.82. The first-order valence-electron chi connectivity index (χ1n) is 5.72. The minimum absolute atomic E-state index is 0.113. The number of rotatable bonds is 2. The van der Waals surface area contributed by atoms with Crippen molar-refractivity contribution in [3.63, 3.8) is 0 Å². The highest BCUT2D eigenvalue weighted by molar-refractivity contribution is 5.86. The molecule has 0 atom stereocenters. The molecule has 1 aliphatic rings. The number of carbonyl (C=O) groups is 1. The Balaban J connectivity index is 2.21. The molecule has 92 valence electrons. The van der Waals surface area contributed by atoms with Crippen LogP contribution in [0.1, 0.15) is 37.2 Å². The van der Waals surface area contributed by atoms with Crippen LogP contribution in [0.25, 0.3) is 0 Å². The third-order valence-electron chi connectivity index (χ3n) is 3.21. The standard InChI is InChI=1S/C12H17N3O2/c1-12(2)5-4-6-15(12)10-8-13-9(7-14-10)11(16)17-3/h7-8H,4-6H2,1-3H3. The Hall–Kier alpha value is -1.65. The fourth-order valence-corrected chi connectivity index (χ4v) is 2.20. The Labute approximate surface area is 101 Å². The van der Waals surface area contributed by atoms with Gasteiger partial charge in [-0.2, -0.15) is 0 Å². The molecule has 1 saturated heterocycles. The Morgan fingerprint density at radius 2 is 2.18 bits per heavy atom. The van der Waals surface area contributed by atoms with E-state index in [1.165, 1.54) is 13.3 Å². The predicted octanol–water partition coefficient (Wildman–Crippen LogP) is 1.64. The summed E-state index contributed by atoms with van der Waals surface area (Å²) in [5, 5.41) is 0. The molecular weight excluding hydrogens is 218 g/mol. The zero-order valence-corrected chi connectivity index (χ0v) is 10.4. The maximum Gasteiger partial charge on any atom is 0.358 e. The first-order chi connectivity index (χ1) is 8.04. The van der Waals surface area contributed by atoms with E-state index in [9.17, 15) is 4.79 Å². The molecule has 0 saturated carbocycles. The molecule has 2 rings (SSSR count). The number of hydrogen-bond acceptors (Lipinski definition) is 5. The average Bonchev–Trinajstić information content (AvgIpc) is 2.68. The lowest BCUT2D eigenvalue weighted by Gasteiger charge is -2.32. The van der Waals surface area contributed by atoms with Gasteiger partial charge in [0.2, 0.25) is 0 Å². The molecule has 5 heteroatoms. The number of carbonyl (C=O) groups excluding carboxylic acids is 1. The number of hydrogen-bond donors (Lipinski definition) is 0. The van der Waals surface area contributed by atoms with Crippen LogP contribution in [0.3, 0.4) is 0 Å². The molecule has 0 spiro atoms. The zero-order valence-electron chi connectivity index (χ0n) is 10.4. The number of anilines is 1. The minimum Gasteiger partial charge on any atom is -0.464 e. The van der Waals surface area contributed by atoms with Crippen LogP contribution in [0.4, 0.5) is 5.82 Å². The van der Waals surface area contributed by atoms with Gasteiger partial charge in [-0.05, 0) is 26.7 Å². The maximum atomic E-state index is 11.2. The normalized spacial score (nSPS) is 18.2. The van der Waals surface area contributed by atoms with Gasteiger partial charge in [0.1, 0.15) is 5.82 Å². The van der Waals surface area contributed by atoms with Crippen molar-refractivity contribution in [1.29, 1.82) is 0 Å². The summed E-state index contributed by atoms with van der Waals surface area (Å²) in [5.41, 5.74) is 0.356. The summed E-state index contributed by atoms with van der Waals surface area (Å²) in [6.07, 6.45) is 5.41. The summed E-state index contributed by atoms with van der Waals surface area (Å²) in [6, 6.07) is 0. The second-order valence-electron chi connectivity index (χ2n) is 4.82. The van der Waals surface area contributed by atoms with Crippen LogP contribution in [-0.4, -0.2) is 35.1 Å². The van der Waals surface area contributed by atoms with Crippen molar-refractivity contribution in [2.24, 2.45) is 0 Å². The summed E-state index contributed by atoms with van der Waals surface area (Å²) < 4.78 is 4.59. The zero-order chi connectivity index (χ0) is 12.5. The number of esters is 1. The van der Waals surface area contributed by atoms with E-state index in [0.29, 0.717) is 0 Å². The molecule has 2 heterocycles. The van der Waals surface area contributed by atoms with Gasteiger partial charge in [0.15, 0.2) is 5.69 Å². The van der Waals surface area contributed by atoms with Gasteiger partial charge in [-0.1, -0.05) is 0 Å². The van der Waals surface area contributed by atoms with E-state index in [0.717, 1.165) is 25.2 Å². The fourth-order valence-electron chi connectivity index (χ4n) is 2.20. The highest BCUT2D eigenvalue weighted by Crippen LogP contribution is 2.31. The fraction of sp³-hybridized carbons (Fsp3) is 0.583. The van der Waals surface area contributed by atoms with Gasteiger partial charge < -0.3 is 9.64 Å². The van der Waals surface area contributed by atoms with E-state index < -0.39 is 5.97 Å². The molecule has 17 heavy (non-hydrogen) atoms. The monoisotopic (exact) mass is 235 g/mol. The SMILES string of the molecule is COC(=O)c1cnc(N2CCCC2(C)C)cn1. The molecule has 1 aromatic rings. The van der Waals surface area contributed by atoms with Gasteiger partial charge in [-0.15, -0.1) is 0 Å². The van der Waals surface area contributed by atoms with Crippen LogP contribution in [-0.2, 0) is 4.74 Å². The molecule has 1 fully saturated rings. The quantitative estimate of drug-likeness (QED) is 0.729. The third kappa shape index (κ3) is 2.23. The van der Waals surface area contributed by atoms with Crippen LogP contribution >= 0.6 is 0 Å². The van der Waals surface area contributed by atoms with Crippen molar-refractivity contribution in [3.05, 3.63) is 18.1 Å². The molecule has 0 amide bonds. The van der Waals surface area contributed by atoms with E-state index in [2.05, 4.69) is 33.5 Å². The number of ether oxygens (including phenoxy) is 1. The third-order valence-corrected chi connectivity index (χ3v) is 3.21. The van der Waals surface area contributed by atoms with Gasteiger partial charge in [0, 0.05) is 12.1 Å². The Morgan fingerprint density at radius 3 is 2.65 bits per heavy atom. The van der Waals surface area contributed by atoms with Gasteiger partial charge in [0.05, 0.1) is 19.5 Å². The summed E-state index contributed by atoms with van der Waals surface area (Å²) in [4.78, 5) is 21.8. The van der Waals surface area contributed by atoms with Crippen LogP contribution in [0.15, 0.2) is 12.4 Å². The molecule has 1 aliphatic heterocycles. The molecule has 0 radical (unpaired) electrons. The van der Waals surface area contributed by atoms with Crippen LogP contribution < -0.4 is 4.90 Å². The molecule has 0 aromatic carbocycles. The predicted molar refractivity (Wildman–Crippen MR) is 64.0 cm³/mol. The van der Waals surface area contributed by atoms with Gasteiger partial charge in [-0.25, -0.2) is 14.8 Å². The molecule has 1 aromatic heterocycles. The highest BCUT2D eigenvalue weighted by Gasteiger charge is 2.32. The summed E-state index contributed by atoms with van der Waals surface area (Å²) in [5.74, 6) is 0.366. The molecule has 0 bridgehead atoms. The van der Waals surface area contributed by atoms with Crippen molar-refractivity contribution in [1.82, 2.24) is 9.97 Å². The lowest BCUT2D eigenvalue weighted by Crippen LogP contribution is -2.38. The molecular formula is C12H17N3O2. The van der Waals surface area contributed by atoms with Crippen molar-refractivity contribution >= 4 is 11.8 Å². The van der Waals surface area contributed by atoms with Crippen LogP contribution in [0.5, 0.6) is 0 Å². The van der Waals surface area contributed by atoms with E-state index in [-0.39, 0.29) is 11.2 Å². The van der Waals surface area contributed by atoms with Crippen molar-refractivity contribution in [3.8, 4) is 0 Å². The minimum atomic E-state index is -0.454. The molecule has 0 N–H and O–H groups in total. The molecule has 0 aliphatic carbocycles. The van der Waals surface area contributed by atoms with Crippen molar-refractivity contribution in [2.75, 3.05) is 18.6 Å². The molecule has 0 unspecified atom stereocenters. The van der Waals surface area contributed by atoms with E-state index in [1.807, 2.05) is 0 Å². The number of nitrogens with zero attached hydrogens (tertiary/aromatic N) is 3. The number of methoxy groups -OCH3 is 1. The molecule has 5 nitrogen and oxygen atoms in total. The Kier molecular flexibility index (Phi) is 3.00. The highest BCUT2D eigenvalue weighted by atomic mass is 16.5. The lowest BCUT2D eigenvalue weighted by molar-refractivity contribution is 0.0593. The first kappa shape index (κ1) is 11.8. The van der Waals surface area contributed by atoms with Gasteiger partial charge in [-0.3, -0.25) is 0 Å². The van der Waals surface area contributed by atoms with Crippen LogP contribution in [0, 0.1) is 0 Å². The summed E-state index contributed by atoms with van der Waals surface area (Å²) in [6.45, 7) is 5.37. The largest absolute Gasteiger partial charge is 0.464 e. The Bertz CT molecular complexity index is 414. The lowest BCUT2D eigenvalue weighted by atomic mass is 10.0. The number of aromatic nitrogens is 2. The van der Waals surface area contributed by atoms with E-state index in [4.69, 9.17) is 0 Å². The van der Waals surface area contributed by atoms with Crippen LogP contribution in [0.2, 0.25) is 0 Å². The first-order valence-corrected chi connectivity index (χ1v) is 5.72. The second kappa shape index (κ2) is 4.31. The summed E-state index contributed by atoms with van der Waals surface area (Å²) >= 11 is 0. The maximum absolute atomic E-state index is 11.2. The average molecular weight is 235 g/mol. The Morgan fingerprint density at radius 1 is 1.41 bits per heavy atom. The van der Waals surface area contributed by atoms with Gasteiger partial charge in [0.25, 0.3) is 0 Å². The van der Waals surface area contributed by atoms with Gasteiger partial charge >= 0.3 is 5.97 Å². The van der Waals surface area contributed by atoms with Crippen molar-refractivity contribution in [2.45, 2.75) is 32.2 Å². The smallest absolute Gasteiger partial charge is 0.358 e. The van der Waals surface area contributed by atoms with E-state index in [1.54, 1.807) is 6.20 Å². The topological polar surface area (TPSA) is 55.3 Å².